The summed E-state index contributed by atoms with van der Waals surface area (Å²) in [5.41, 5.74) is 0.963. The molecule has 0 aromatic heterocycles. The first-order valence-electron chi connectivity index (χ1n) is 10.2. The quantitative estimate of drug-likeness (QED) is 0.649. The van der Waals surface area contributed by atoms with Gasteiger partial charge in [0, 0.05) is 24.2 Å². The van der Waals surface area contributed by atoms with Gasteiger partial charge in [0.1, 0.15) is 12.3 Å². The van der Waals surface area contributed by atoms with Crippen molar-refractivity contribution in [3.05, 3.63) is 65.7 Å². The summed E-state index contributed by atoms with van der Waals surface area (Å²) in [4.78, 5) is 39.3. The molecule has 1 atom stereocenters. The third-order valence-electron chi connectivity index (χ3n) is 4.72. The fraction of sp³-hybridized carbons (Fsp3) is 0.348. The fourth-order valence-electron chi connectivity index (χ4n) is 3.14. The summed E-state index contributed by atoms with van der Waals surface area (Å²) in [6.45, 7) is 3.81. The third kappa shape index (κ3) is 6.29. The molecule has 1 fully saturated rings. The summed E-state index contributed by atoms with van der Waals surface area (Å²) in [7, 11) is 0. The van der Waals surface area contributed by atoms with Crippen molar-refractivity contribution in [3.63, 3.8) is 0 Å². The van der Waals surface area contributed by atoms with Gasteiger partial charge in [-0.15, -0.1) is 0 Å². The van der Waals surface area contributed by atoms with Gasteiger partial charge < -0.3 is 24.4 Å². The molecule has 3 rings (SSSR count). The number of hydrogen-bond acceptors (Lipinski definition) is 6. The number of rotatable bonds is 8. The topological polar surface area (TPSA) is 94.2 Å². The van der Waals surface area contributed by atoms with Gasteiger partial charge in [-0.2, -0.15) is 0 Å². The standard InChI is InChI=1S/C23H26N2O6/c1-2-30-19-10-8-18(9-11-19)22(27)24-16-20(26)31-21(17-6-4-3-5-7-17)23(28)25-12-14-29-15-13-25/h3-11,21H,2,12-16H2,1H3,(H,24,27)/t21-/m0/s1. The second kappa shape index (κ2) is 11.1. The fourth-order valence-corrected chi connectivity index (χ4v) is 3.14. The lowest BCUT2D eigenvalue weighted by atomic mass is 10.1. The van der Waals surface area contributed by atoms with Gasteiger partial charge in [0.25, 0.3) is 11.8 Å². The minimum atomic E-state index is -1.07. The van der Waals surface area contributed by atoms with E-state index in [1.807, 2.05) is 13.0 Å². The summed E-state index contributed by atoms with van der Waals surface area (Å²) < 4.78 is 16.1. The van der Waals surface area contributed by atoms with Crippen LogP contribution in [-0.4, -0.2) is 62.1 Å². The van der Waals surface area contributed by atoms with E-state index in [9.17, 15) is 14.4 Å². The summed E-state index contributed by atoms with van der Waals surface area (Å²) in [5.74, 6) is -0.767. The third-order valence-corrected chi connectivity index (χ3v) is 4.72. The minimum Gasteiger partial charge on any atom is -0.494 e. The van der Waals surface area contributed by atoms with Gasteiger partial charge >= 0.3 is 5.97 Å². The van der Waals surface area contributed by atoms with Crippen LogP contribution in [0.15, 0.2) is 54.6 Å². The Morgan fingerprint density at radius 3 is 2.35 bits per heavy atom. The van der Waals surface area contributed by atoms with E-state index < -0.39 is 18.0 Å². The Labute approximate surface area is 181 Å². The van der Waals surface area contributed by atoms with Crippen LogP contribution in [0.4, 0.5) is 0 Å². The maximum Gasteiger partial charge on any atom is 0.326 e. The van der Waals surface area contributed by atoms with Gasteiger partial charge in [0.05, 0.1) is 19.8 Å². The molecule has 31 heavy (non-hydrogen) atoms. The SMILES string of the molecule is CCOc1ccc(C(=O)NCC(=O)O[C@H](C(=O)N2CCOCC2)c2ccccc2)cc1. The number of ether oxygens (including phenoxy) is 3. The second-order valence-electron chi connectivity index (χ2n) is 6.86. The molecule has 1 heterocycles. The Hall–Kier alpha value is -3.39. The van der Waals surface area contributed by atoms with Crippen molar-refractivity contribution in [2.45, 2.75) is 13.0 Å². The van der Waals surface area contributed by atoms with Crippen molar-refractivity contribution >= 4 is 17.8 Å². The smallest absolute Gasteiger partial charge is 0.326 e. The Morgan fingerprint density at radius 2 is 1.71 bits per heavy atom. The van der Waals surface area contributed by atoms with Gasteiger partial charge in [0.2, 0.25) is 6.10 Å². The Morgan fingerprint density at radius 1 is 1.03 bits per heavy atom. The summed E-state index contributed by atoms with van der Waals surface area (Å²) in [5, 5.41) is 2.53. The molecular formula is C23H26N2O6. The molecule has 0 spiro atoms. The number of carbonyl (C=O) groups excluding carboxylic acids is 3. The maximum atomic E-state index is 13.0. The van der Waals surface area contributed by atoms with Gasteiger partial charge in [0.15, 0.2) is 0 Å². The molecule has 1 saturated heterocycles. The molecule has 0 saturated carbocycles. The van der Waals surface area contributed by atoms with E-state index >= 15 is 0 Å². The van der Waals surface area contributed by atoms with Crippen molar-refractivity contribution in [1.82, 2.24) is 10.2 Å². The van der Waals surface area contributed by atoms with Gasteiger partial charge in [-0.05, 0) is 31.2 Å². The minimum absolute atomic E-state index is 0.305. The van der Waals surface area contributed by atoms with E-state index in [2.05, 4.69) is 5.32 Å². The molecule has 0 unspecified atom stereocenters. The lowest BCUT2D eigenvalue weighted by Crippen LogP contribution is -2.44. The first-order valence-corrected chi connectivity index (χ1v) is 10.2. The lowest BCUT2D eigenvalue weighted by molar-refractivity contribution is -0.162. The van der Waals surface area contributed by atoms with Gasteiger partial charge in [-0.1, -0.05) is 30.3 Å². The second-order valence-corrected chi connectivity index (χ2v) is 6.86. The maximum absolute atomic E-state index is 13.0. The zero-order valence-electron chi connectivity index (χ0n) is 17.4. The highest BCUT2D eigenvalue weighted by Gasteiger charge is 2.30. The molecule has 2 amide bonds. The molecule has 0 bridgehead atoms. The zero-order chi connectivity index (χ0) is 22.1. The first kappa shape index (κ1) is 22.3. The van der Waals surface area contributed by atoms with Crippen LogP contribution in [0, 0.1) is 0 Å². The number of benzene rings is 2. The van der Waals surface area contributed by atoms with E-state index in [4.69, 9.17) is 14.2 Å². The van der Waals surface area contributed by atoms with Gasteiger partial charge in [-0.25, -0.2) is 0 Å². The molecule has 8 heteroatoms. The molecule has 2 aromatic rings. The summed E-state index contributed by atoms with van der Waals surface area (Å²) >= 11 is 0. The Kier molecular flexibility index (Phi) is 8.00. The van der Waals surface area contributed by atoms with E-state index in [-0.39, 0.29) is 12.5 Å². The van der Waals surface area contributed by atoms with Crippen LogP contribution in [0.1, 0.15) is 28.9 Å². The number of carbonyl (C=O) groups is 3. The van der Waals surface area contributed by atoms with Crippen molar-refractivity contribution in [3.8, 4) is 5.75 Å². The van der Waals surface area contributed by atoms with E-state index in [1.165, 1.54) is 0 Å². The number of amides is 2. The van der Waals surface area contributed by atoms with Gasteiger partial charge in [-0.3, -0.25) is 14.4 Å². The van der Waals surface area contributed by atoms with Crippen LogP contribution >= 0.6 is 0 Å². The van der Waals surface area contributed by atoms with Crippen LogP contribution in [-0.2, 0) is 19.1 Å². The average Bonchev–Trinajstić information content (AvgIpc) is 2.82. The van der Waals surface area contributed by atoms with Crippen LogP contribution in [0.2, 0.25) is 0 Å². The summed E-state index contributed by atoms with van der Waals surface area (Å²) in [6.07, 6.45) is -1.07. The normalized spacial score (nSPS) is 14.4. The summed E-state index contributed by atoms with van der Waals surface area (Å²) in [6, 6.07) is 15.4. The van der Waals surface area contributed by atoms with Crippen LogP contribution in [0.25, 0.3) is 0 Å². The predicted octanol–water partition coefficient (Wildman–Crippen LogP) is 1.96. The number of hydrogen-bond donors (Lipinski definition) is 1. The monoisotopic (exact) mass is 426 g/mol. The molecule has 1 aliphatic rings. The molecule has 1 aliphatic heterocycles. The predicted molar refractivity (Wildman–Crippen MR) is 113 cm³/mol. The number of nitrogens with zero attached hydrogens (tertiary/aromatic N) is 1. The Balaban J connectivity index is 1.60. The molecular weight excluding hydrogens is 400 g/mol. The highest BCUT2D eigenvalue weighted by Crippen LogP contribution is 2.21. The molecule has 1 N–H and O–H groups in total. The van der Waals surface area contributed by atoms with Crippen molar-refractivity contribution in [2.24, 2.45) is 0 Å². The molecule has 0 radical (unpaired) electrons. The van der Waals surface area contributed by atoms with E-state index in [1.54, 1.807) is 53.4 Å². The van der Waals surface area contributed by atoms with Crippen molar-refractivity contribution in [1.29, 1.82) is 0 Å². The average molecular weight is 426 g/mol. The zero-order valence-corrected chi connectivity index (χ0v) is 17.4. The highest BCUT2D eigenvalue weighted by molar-refractivity contribution is 5.96. The number of nitrogens with one attached hydrogen (secondary N) is 1. The molecule has 2 aromatic carbocycles. The van der Waals surface area contributed by atoms with Crippen LogP contribution in [0.3, 0.4) is 0 Å². The van der Waals surface area contributed by atoms with Crippen LogP contribution in [0.5, 0.6) is 5.75 Å². The number of morpholine rings is 1. The first-order chi connectivity index (χ1) is 15.1. The highest BCUT2D eigenvalue weighted by atomic mass is 16.5. The lowest BCUT2D eigenvalue weighted by Gasteiger charge is -2.30. The molecule has 164 valence electrons. The number of esters is 1. The van der Waals surface area contributed by atoms with E-state index in [0.717, 1.165) is 0 Å². The Bertz CT molecular complexity index is 879. The van der Waals surface area contributed by atoms with Crippen molar-refractivity contribution < 1.29 is 28.6 Å². The van der Waals surface area contributed by atoms with Crippen molar-refractivity contribution in [2.75, 3.05) is 39.5 Å². The largest absolute Gasteiger partial charge is 0.494 e. The van der Waals surface area contributed by atoms with Crippen LogP contribution < -0.4 is 10.1 Å². The van der Waals surface area contributed by atoms with E-state index in [0.29, 0.717) is 49.8 Å². The molecule has 0 aliphatic carbocycles. The molecule has 8 nitrogen and oxygen atoms in total.